The smallest absolute Gasteiger partial charge is 0.115 e. The number of anilines is 1. The van der Waals surface area contributed by atoms with Gasteiger partial charge in [-0.05, 0) is 18.6 Å². The minimum Gasteiger partial charge on any atom is -0.391 e. The van der Waals surface area contributed by atoms with Gasteiger partial charge >= 0.3 is 0 Å². The van der Waals surface area contributed by atoms with E-state index in [9.17, 15) is 5.11 Å². The minimum atomic E-state index is -0.252. The summed E-state index contributed by atoms with van der Waals surface area (Å²) >= 11 is 5.63. The summed E-state index contributed by atoms with van der Waals surface area (Å²) in [6, 6.07) is 7.75. The molecule has 0 aliphatic carbocycles. The number of nitrogens with two attached hydrogens (primary N) is 1. The fourth-order valence-corrected chi connectivity index (χ4v) is 2.03. The Morgan fingerprint density at radius 1 is 1.53 bits per heavy atom. The van der Waals surface area contributed by atoms with Gasteiger partial charge in [-0.25, -0.2) is 4.99 Å². The average Bonchev–Trinajstić information content (AvgIpc) is 2.76. The second kappa shape index (κ2) is 5.38. The maximum absolute atomic E-state index is 9.56. The van der Waals surface area contributed by atoms with Crippen molar-refractivity contribution in [2.24, 2.45) is 10.7 Å². The fraction of sp³-hybridized carbons (Fsp3) is 0.417. The van der Waals surface area contributed by atoms with E-state index in [0.717, 1.165) is 24.3 Å². The Morgan fingerprint density at radius 3 is 2.94 bits per heavy atom. The highest BCUT2D eigenvalue weighted by atomic mass is 35.5. The Morgan fingerprint density at radius 2 is 2.29 bits per heavy atom. The Balaban J connectivity index is 2.28. The molecule has 92 valence electrons. The Hall–Kier alpha value is -1.26. The average molecular weight is 254 g/mol. The zero-order valence-corrected chi connectivity index (χ0v) is 10.3. The third-order valence-corrected chi connectivity index (χ3v) is 3.06. The van der Waals surface area contributed by atoms with Gasteiger partial charge in [0, 0.05) is 13.1 Å². The van der Waals surface area contributed by atoms with Crippen molar-refractivity contribution in [3.05, 3.63) is 24.3 Å². The zero-order valence-electron chi connectivity index (χ0n) is 9.51. The first-order valence-electron chi connectivity index (χ1n) is 5.61. The topological polar surface area (TPSA) is 61.8 Å². The standard InChI is InChI=1S/C12H16ClN3O/c13-7-12(14)15-10-3-1-2-4-11(10)16-6-5-9(17)8-16/h1-4,9,17H,5-8H2,(H2,14,15). The zero-order chi connectivity index (χ0) is 12.3. The number of alkyl halides is 1. The monoisotopic (exact) mass is 253 g/mol. The number of benzene rings is 1. The van der Waals surface area contributed by atoms with Crippen LogP contribution >= 0.6 is 11.6 Å². The van der Waals surface area contributed by atoms with E-state index in [0.29, 0.717) is 12.4 Å². The van der Waals surface area contributed by atoms with Crippen molar-refractivity contribution in [1.29, 1.82) is 0 Å². The summed E-state index contributed by atoms with van der Waals surface area (Å²) in [4.78, 5) is 6.40. The lowest BCUT2D eigenvalue weighted by atomic mass is 10.2. The van der Waals surface area contributed by atoms with Crippen molar-refractivity contribution in [2.45, 2.75) is 12.5 Å². The maximum atomic E-state index is 9.56. The molecule has 0 bridgehead atoms. The van der Waals surface area contributed by atoms with Crippen LogP contribution in [0.3, 0.4) is 0 Å². The summed E-state index contributed by atoms with van der Waals surface area (Å²) in [5, 5.41) is 9.56. The van der Waals surface area contributed by atoms with Gasteiger partial charge in [0.25, 0.3) is 0 Å². The van der Waals surface area contributed by atoms with Crippen LogP contribution < -0.4 is 10.6 Å². The highest BCUT2D eigenvalue weighted by Gasteiger charge is 2.22. The number of hydrogen-bond acceptors (Lipinski definition) is 3. The molecule has 0 amide bonds. The summed E-state index contributed by atoms with van der Waals surface area (Å²) in [5.74, 6) is 0.621. The molecule has 0 saturated carbocycles. The molecule has 0 aromatic heterocycles. The van der Waals surface area contributed by atoms with Gasteiger partial charge in [0.1, 0.15) is 5.84 Å². The first-order chi connectivity index (χ1) is 8.20. The number of β-amino-alcohol motifs (C(OH)–C–C–N with tert-alkyl or cyclic N) is 1. The van der Waals surface area contributed by atoms with Gasteiger partial charge in [0.05, 0.1) is 23.4 Å². The van der Waals surface area contributed by atoms with Crippen LogP contribution in [0.4, 0.5) is 11.4 Å². The summed E-state index contributed by atoms with van der Waals surface area (Å²) in [6.45, 7) is 1.49. The van der Waals surface area contributed by atoms with Crippen LogP contribution in [0.2, 0.25) is 0 Å². The number of rotatable bonds is 3. The first kappa shape index (κ1) is 12.2. The van der Waals surface area contributed by atoms with Crippen LogP contribution in [0.1, 0.15) is 6.42 Å². The highest BCUT2D eigenvalue weighted by molar-refractivity contribution is 6.28. The second-order valence-electron chi connectivity index (χ2n) is 4.11. The Kier molecular flexibility index (Phi) is 3.86. The molecule has 1 aromatic carbocycles. The summed E-state index contributed by atoms with van der Waals surface area (Å²) in [6.07, 6.45) is 0.542. The molecule has 1 aromatic rings. The number of para-hydroxylation sites is 2. The van der Waals surface area contributed by atoms with Crippen molar-refractivity contribution in [3.63, 3.8) is 0 Å². The van der Waals surface area contributed by atoms with Crippen molar-refractivity contribution in [1.82, 2.24) is 0 Å². The van der Waals surface area contributed by atoms with Crippen LogP contribution in [0.15, 0.2) is 29.3 Å². The molecule has 1 saturated heterocycles. The number of amidine groups is 1. The van der Waals surface area contributed by atoms with Gasteiger partial charge in [-0.2, -0.15) is 0 Å². The van der Waals surface area contributed by atoms with Crippen LogP contribution in [0.25, 0.3) is 0 Å². The Labute approximate surface area is 106 Å². The van der Waals surface area contributed by atoms with E-state index in [4.69, 9.17) is 17.3 Å². The van der Waals surface area contributed by atoms with Gasteiger partial charge in [0.2, 0.25) is 0 Å². The molecule has 1 atom stereocenters. The van der Waals surface area contributed by atoms with Crippen molar-refractivity contribution in [2.75, 3.05) is 23.9 Å². The number of halogens is 1. The molecular weight excluding hydrogens is 238 g/mol. The second-order valence-corrected chi connectivity index (χ2v) is 4.38. The molecule has 5 heteroatoms. The van der Waals surface area contributed by atoms with E-state index in [-0.39, 0.29) is 12.0 Å². The molecule has 17 heavy (non-hydrogen) atoms. The summed E-state index contributed by atoms with van der Waals surface area (Å²) in [5.41, 5.74) is 7.45. The van der Waals surface area contributed by atoms with E-state index in [1.54, 1.807) is 0 Å². The van der Waals surface area contributed by atoms with Gasteiger partial charge in [-0.15, -0.1) is 11.6 Å². The molecule has 2 rings (SSSR count). The lowest BCUT2D eigenvalue weighted by molar-refractivity contribution is 0.198. The third kappa shape index (κ3) is 2.90. The Bertz CT molecular complexity index is 422. The van der Waals surface area contributed by atoms with E-state index >= 15 is 0 Å². The molecule has 3 N–H and O–H groups in total. The molecule has 1 aliphatic heterocycles. The van der Waals surface area contributed by atoms with Gasteiger partial charge in [0.15, 0.2) is 0 Å². The molecular formula is C12H16ClN3O. The minimum absolute atomic E-state index is 0.219. The van der Waals surface area contributed by atoms with Gasteiger partial charge < -0.3 is 15.7 Å². The number of hydrogen-bond donors (Lipinski definition) is 2. The van der Waals surface area contributed by atoms with E-state index < -0.39 is 0 Å². The number of aliphatic hydroxyl groups excluding tert-OH is 1. The molecule has 1 heterocycles. The maximum Gasteiger partial charge on any atom is 0.115 e. The molecule has 1 fully saturated rings. The normalized spacial score (nSPS) is 20.9. The first-order valence-corrected chi connectivity index (χ1v) is 6.15. The van der Waals surface area contributed by atoms with Crippen LogP contribution in [-0.4, -0.2) is 36.0 Å². The number of aliphatic imine (C=N–C) groups is 1. The van der Waals surface area contributed by atoms with Crippen molar-refractivity contribution < 1.29 is 5.11 Å². The van der Waals surface area contributed by atoms with Crippen LogP contribution in [0.5, 0.6) is 0 Å². The lowest BCUT2D eigenvalue weighted by Crippen LogP contribution is -2.21. The third-order valence-electron chi connectivity index (χ3n) is 2.79. The molecule has 1 unspecified atom stereocenters. The fourth-order valence-electron chi connectivity index (χ4n) is 1.97. The van der Waals surface area contributed by atoms with Crippen LogP contribution in [0, 0.1) is 0 Å². The van der Waals surface area contributed by atoms with Crippen LogP contribution in [-0.2, 0) is 0 Å². The van der Waals surface area contributed by atoms with E-state index in [1.165, 1.54) is 0 Å². The van der Waals surface area contributed by atoms with Crippen molar-refractivity contribution in [3.8, 4) is 0 Å². The summed E-state index contributed by atoms with van der Waals surface area (Å²) in [7, 11) is 0. The number of nitrogens with zero attached hydrogens (tertiary/aromatic N) is 2. The SMILES string of the molecule is NC(CCl)=Nc1ccccc1N1CCC(O)C1. The van der Waals surface area contributed by atoms with Gasteiger partial charge in [-0.1, -0.05) is 12.1 Å². The summed E-state index contributed by atoms with van der Waals surface area (Å²) < 4.78 is 0. The highest BCUT2D eigenvalue weighted by Crippen LogP contribution is 2.30. The predicted molar refractivity (Wildman–Crippen MR) is 71.3 cm³/mol. The quantitative estimate of drug-likeness (QED) is 0.487. The van der Waals surface area contributed by atoms with Crippen molar-refractivity contribution >= 4 is 28.8 Å². The molecule has 0 radical (unpaired) electrons. The molecule has 0 spiro atoms. The number of aliphatic hydroxyl groups is 1. The van der Waals surface area contributed by atoms with E-state index in [2.05, 4.69) is 9.89 Å². The molecule has 1 aliphatic rings. The molecule has 4 nitrogen and oxygen atoms in total. The largest absolute Gasteiger partial charge is 0.391 e. The van der Waals surface area contributed by atoms with Gasteiger partial charge in [-0.3, -0.25) is 0 Å². The lowest BCUT2D eigenvalue weighted by Gasteiger charge is -2.19. The van der Waals surface area contributed by atoms with E-state index in [1.807, 2.05) is 24.3 Å². The predicted octanol–water partition coefficient (Wildman–Crippen LogP) is 1.49.